The van der Waals surface area contributed by atoms with E-state index in [4.69, 9.17) is 10.1 Å². The number of benzene rings is 1. The Morgan fingerprint density at radius 3 is 2.67 bits per heavy atom. The molecule has 0 radical (unpaired) electrons. The molecule has 2 aliphatic rings. The molecule has 1 aromatic rings. The third-order valence-electron chi connectivity index (χ3n) is 5.37. The van der Waals surface area contributed by atoms with Crippen LogP contribution in [0.2, 0.25) is 0 Å². The minimum Gasteiger partial charge on any atom is -0.490 e. The molecule has 0 unspecified atom stereocenters. The number of piperidine rings is 1. The first-order valence-electron chi connectivity index (χ1n) is 9.89. The number of nitrogens with zero attached hydrogens (tertiary/aromatic N) is 1. The topological polar surface area (TPSA) is 82.5 Å². The second-order valence-electron chi connectivity index (χ2n) is 7.42. The van der Waals surface area contributed by atoms with E-state index in [0.717, 1.165) is 24.3 Å². The Hall–Kier alpha value is -2.84. The largest absolute Gasteiger partial charge is 0.490 e. The van der Waals surface area contributed by atoms with Crippen LogP contribution in [-0.2, 0) is 15.8 Å². The number of halogens is 3. The van der Waals surface area contributed by atoms with Crippen LogP contribution in [0, 0.1) is 5.41 Å². The molecule has 6 nitrogen and oxygen atoms in total. The van der Waals surface area contributed by atoms with Gasteiger partial charge in [-0.1, -0.05) is 6.07 Å². The summed E-state index contributed by atoms with van der Waals surface area (Å²) in [6, 6.07) is 4.81. The molecule has 9 heteroatoms. The number of alkyl halides is 3. The fourth-order valence-electron chi connectivity index (χ4n) is 3.76. The fourth-order valence-corrected chi connectivity index (χ4v) is 3.76. The van der Waals surface area contributed by atoms with Crippen molar-refractivity contribution in [3.05, 3.63) is 41.1 Å². The summed E-state index contributed by atoms with van der Waals surface area (Å²) < 4.78 is 44.2. The minimum absolute atomic E-state index is 0.0463. The molecule has 0 saturated carbocycles. The molecule has 1 aliphatic heterocycles. The van der Waals surface area contributed by atoms with Gasteiger partial charge in [-0.15, -0.1) is 0 Å². The number of ether oxygens (including phenoxy) is 1. The SMILES string of the molecule is N=C(C=O)C1=C(NCC(=O)N2CCC(Oc3cccc(C(F)(F)F)c3)CC2)CCC1. The molecule has 30 heavy (non-hydrogen) atoms. The summed E-state index contributed by atoms with van der Waals surface area (Å²) in [5.41, 5.74) is 0.658. The number of rotatable bonds is 7. The van der Waals surface area contributed by atoms with Crippen molar-refractivity contribution in [3.63, 3.8) is 0 Å². The molecule has 1 aromatic carbocycles. The van der Waals surface area contributed by atoms with Crippen molar-refractivity contribution in [2.75, 3.05) is 19.6 Å². The minimum atomic E-state index is -4.42. The van der Waals surface area contributed by atoms with Gasteiger partial charge in [-0.05, 0) is 43.0 Å². The first-order chi connectivity index (χ1) is 14.3. The molecule has 3 rings (SSSR count). The highest BCUT2D eigenvalue weighted by Crippen LogP contribution is 2.32. The Balaban J connectivity index is 1.48. The lowest BCUT2D eigenvalue weighted by molar-refractivity contribution is -0.138. The molecule has 0 atom stereocenters. The van der Waals surface area contributed by atoms with Gasteiger partial charge >= 0.3 is 6.18 Å². The predicted molar refractivity (Wildman–Crippen MR) is 104 cm³/mol. The van der Waals surface area contributed by atoms with Crippen molar-refractivity contribution in [1.82, 2.24) is 10.2 Å². The predicted octanol–water partition coefficient (Wildman–Crippen LogP) is 3.32. The van der Waals surface area contributed by atoms with Crippen LogP contribution in [0.1, 0.15) is 37.7 Å². The summed E-state index contributed by atoms with van der Waals surface area (Å²) in [5, 5.41) is 10.7. The molecule has 0 spiro atoms. The van der Waals surface area contributed by atoms with E-state index in [2.05, 4.69) is 5.32 Å². The second-order valence-corrected chi connectivity index (χ2v) is 7.42. The summed E-state index contributed by atoms with van der Waals surface area (Å²) in [7, 11) is 0. The highest BCUT2D eigenvalue weighted by molar-refractivity contribution is 6.34. The molecule has 1 heterocycles. The van der Waals surface area contributed by atoms with Crippen LogP contribution in [0.5, 0.6) is 5.75 Å². The van der Waals surface area contributed by atoms with Crippen molar-refractivity contribution in [2.45, 2.75) is 44.4 Å². The van der Waals surface area contributed by atoms with Gasteiger partial charge in [0, 0.05) is 31.6 Å². The first kappa shape index (κ1) is 21.9. The maximum atomic E-state index is 12.8. The molecule has 1 amide bonds. The van der Waals surface area contributed by atoms with Crippen molar-refractivity contribution in [3.8, 4) is 5.75 Å². The first-order valence-corrected chi connectivity index (χ1v) is 9.89. The van der Waals surface area contributed by atoms with E-state index in [0.29, 0.717) is 50.6 Å². The van der Waals surface area contributed by atoms with Crippen molar-refractivity contribution in [2.24, 2.45) is 0 Å². The Morgan fingerprint density at radius 2 is 2.00 bits per heavy atom. The summed E-state index contributed by atoms with van der Waals surface area (Å²) in [5.74, 6) is 0.0819. The van der Waals surface area contributed by atoms with Gasteiger partial charge < -0.3 is 15.0 Å². The van der Waals surface area contributed by atoms with Crippen LogP contribution in [0.4, 0.5) is 13.2 Å². The van der Waals surface area contributed by atoms with E-state index in [-0.39, 0.29) is 30.0 Å². The quantitative estimate of drug-likeness (QED) is 0.521. The molecule has 162 valence electrons. The summed E-state index contributed by atoms with van der Waals surface area (Å²) in [6.45, 7) is 1.00. The third kappa shape index (κ3) is 5.40. The molecular formula is C21H24F3N3O3. The zero-order valence-electron chi connectivity index (χ0n) is 16.4. The zero-order chi connectivity index (χ0) is 21.7. The average Bonchev–Trinajstić information content (AvgIpc) is 3.20. The van der Waals surface area contributed by atoms with Crippen LogP contribution in [0.25, 0.3) is 0 Å². The van der Waals surface area contributed by atoms with Crippen LogP contribution in [0.15, 0.2) is 35.5 Å². The molecule has 2 N–H and O–H groups in total. The number of aldehydes is 1. The van der Waals surface area contributed by atoms with Crippen LogP contribution in [0.3, 0.4) is 0 Å². The maximum absolute atomic E-state index is 12.8. The van der Waals surface area contributed by atoms with E-state index in [1.807, 2.05) is 0 Å². The second kappa shape index (κ2) is 9.32. The number of hydrogen-bond donors (Lipinski definition) is 2. The number of carbonyl (C=O) groups is 2. The Kier molecular flexibility index (Phi) is 6.79. The molecule has 1 fully saturated rings. The van der Waals surface area contributed by atoms with Crippen LogP contribution >= 0.6 is 0 Å². The van der Waals surface area contributed by atoms with E-state index in [1.165, 1.54) is 12.1 Å². The van der Waals surface area contributed by atoms with Gasteiger partial charge in [-0.25, -0.2) is 0 Å². The van der Waals surface area contributed by atoms with Crippen LogP contribution in [-0.4, -0.2) is 48.5 Å². The lowest BCUT2D eigenvalue weighted by Gasteiger charge is -2.32. The Labute approximate surface area is 172 Å². The molecule has 0 bridgehead atoms. The third-order valence-corrected chi connectivity index (χ3v) is 5.37. The number of amides is 1. The molecule has 0 aromatic heterocycles. The van der Waals surface area contributed by atoms with E-state index in [9.17, 15) is 22.8 Å². The number of likely N-dealkylation sites (tertiary alicyclic amines) is 1. The average molecular weight is 423 g/mol. The number of carbonyl (C=O) groups excluding carboxylic acids is 2. The van der Waals surface area contributed by atoms with Gasteiger partial charge in [0.1, 0.15) is 11.9 Å². The smallest absolute Gasteiger partial charge is 0.416 e. The van der Waals surface area contributed by atoms with Gasteiger partial charge in [0.2, 0.25) is 5.91 Å². The Morgan fingerprint density at radius 1 is 1.27 bits per heavy atom. The summed E-state index contributed by atoms with van der Waals surface area (Å²) in [6.07, 6.45) is -0.862. The van der Waals surface area contributed by atoms with Crippen molar-refractivity contribution in [1.29, 1.82) is 5.41 Å². The zero-order valence-corrected chi connectivity index (χ0v) is 16.4. The summed E-state index contributed by atoms with van der Waals surface area (Å²) >= 11 is 0. The number of hydrogen-bond acceptors (Lipinski definition) is 5. The standard InChI is InChI=1S/C21H24F3N3O3/c22-21(23,24)14-3-1-4-16(11-14)30-15-7-9-27(10-8-15)20(29)12-26-19-6-2-5-17(19)18(25)13-28/h1,3-4,11,13,15,25-26H,2,5-10,12H2. The summed E-state index contributed by atoms with van der Waals surface area (Å²) in [4.78, 5) is 25.0. The van der Waals surface area contributed by atoms with E-state index >= 15 is 0 Å². The van der Waals surface area contributed by atoms with E-state index in [1.54, 1.807) is 4.90 Å². The van der Waals surface area contributed by atoms with Gasteiger partial charge in [-0.2, -0.15) is 13.2 Å². The van der Waals surface area contributed by atoms with Crippen molar-refractivity contribution < 1.29 is 27.5 Å². The lowest BCUT2D eigenvalue weighted by Crippen LogP contribution is -2.45. The van der Waals surface area contributed by atoms with Gasteiger partial charge in [0.15, 0.2) is 6.29 Å². The number of nitrogens with one attached hydrogen (secondary N) is 2. The normalized spacial score (nSPS) is 17.8. The maximum Gasteiger partial charge on any atom is 0.416 e. The van der Waals surface area contributed by atoms with Gasteiger partial charge in [-0.3, -0.25) is 15.0 Å². The fraction of sp³-hybridized carbons (Fsp3) is 0.476. The molecule has 1 aliphatic carbocycles. The lowest BCUT2D eigenvalue weighted by atomic mass is 10.1. The monoisotopic (exact) mass is 423 g/mol. The van der Waals surface area contributed by atoms with Gasteiger partial charge in [0.25, 0.3) is 0 Å². The number of allylic oxidation sites excluding steroid dienone is 2. The van der Waals surface area contributed by atoms with Crippen LogP contribution < -0.4 is 10.1 Å². The molecule has 1 saturated heterocycles. The van der Waals surface area contributed by atoms with E-state index < -0.39 is 11.7 Å². The molecular weight excluding hydrogens is 399 g/mol. The van der Waals surface area contributed by atoms with Crippen molar-refractivity contribution >= 4 is 17.9 Å². The Bertz CT molecular complexity index is 843. The highest BCUT2D eigenvalue weighted by Gasteiger charge is 2.31. The van der Waals surface area contributed by atoms with Gasteiger partial charge in [0.05, 0.1) is 17.8 Å². The highest BCUT2D eigenvalue weighted by atomic mass is 19.4.